The number of amides is 1. The Balaban J connectivity index is 1.62. The van der Waals surface area contributed by atoms with Crippen molar-refractivity contribution in [3.05, 3.63) is 84.2 Å². The number of anilines is 1. The van der Waals surface area contributed by atoms with Gasteiger partial charge in [-0.3, -0.25) is 4.79 Å². The zero-order chi connectivity index (χ0) is 20.2. The maximum atomic E-state index is 13.9. The SMILES string of the molecule is COc1ccc(-c2noc(-c3ccccc3NC(=O)c3ccccc3F)n2)cc1. The number of halogens is 1. The molecule has 6 nitrogen and oxygen atoms in total. The van der Waals surface area contributed by atoms with Crippen molar-refractivity contribution in [2.24, 2.45) is 0 Å². The van der Waals surface area contributed by atoms with Crippen LogP contribution in [0.4, 0.5) is 10.1 Å². The molecule has 144 valence electrons. The highest BCUT2D eigenvalue weighted by molar-refractivity contribution is 6.06. The number of para-hydroxylation sites is 1. The van der Waals surface area contributed by atoms with Gasteiger partial charge in [0.1, 0.15) is 11.6 Å². The molecule has 1 N–H and O–H groups in total. The second kappa shape index (κ2) is 7.93. The van der Waals surface area contributed by atoms with E-state index in [1.807, 2.05) is 12.1 Å². The number of carbonyl (C=O) groups excluding carboxylic acids is 1. The molecule has 0 atom stereocenters. The molecule has 7 heteroatoms. The van der Waals surface area contributed by atoms with Crippen molar-refractivity contribution in [1.29, 1.82) is 0 Å². The first-order valence-electron chi connectivity index (χ1n) is 8.79. The Labute approximate surface area is 166 Å². The third kappa shape index (κ3) is 3.84. The predicted molar refractivity (Wildman–Crippen MR) is 106 cm³/mol. The number of nitrogens with zero attached hydrogens (tertiary/aromatic N) is 2. The fourth-order valence-corrected chi connectivity index (χ4v) is 2.80. The number of ether oxygens (including phenoxy) is 1. The second-order valence-corrected chi connectivity index (χ2v) is 6.13. The lowest BCUT2D eigenvalue weighted by molar-refractivity contribution is 0.102. The number of benzene rings is 3. The zero-order valence-electron chi connectivity index (χ0n) is 15.4. The molecule has 0 radical (unpaired) electrons. The van der Waals surface area contributed by atoms with Gasteiger partial charge in [0, 0.05) is 5.56 Å². The van der Waals surface area contributed by atoms with E-state index in [2.05, 4.69) is 15.5 Å². The number of nitrogens with one attached hydrogen (secondary N) is 1. The first-order chi connectivity index (χ1) is 14.2. The van der Waals surface area contributed by atoms with Crippen LogP contribution < -0.4 is 10.1 Å². The second-order valence-electron chi connectivity index (χ2n) is 6.13. The van der Waals surface area contributed by atoms with Gasteiger partial charge >= 0.3 is 0 Å². The Morgan fingerprint density at radius 1 is 1.00 bits per heavy atom. The first kappa shape index (κ1) is 18.4. The van der Waals surface area contributed by atoms with Crippen molar-refractivity contribution in [3.8, 4) is 28.6 Å². The van der Waals surface area contributed by atoms with Gasteiger partial charge in [-0.05, 0) is 48.5 Å². The minimum atomic E-state index is -0.595. The molecule has 1 aromatic heterocycles. The van der Waals surface area contributed by atoms with Crippen LogP contribution in [-0.4, -0.2) is 23.2 Å². The maximum absolute atomic E-state index is 13.9. The summed E-state index contributed by atoms with van der Waals surface area (Å²) < 4.78 is 24.4. The molecule has 0 aliphatic rings. The summed E-state index contributed by atoms with van der Waals surface area (Å²) in [5.74, 6) is 0.198. The van der Waals surface area contributed by atoms with Crippen LogP contribution in [0.5, 0.6) is 5.75 Å². The summed E-state index contributed by atoms with van der Waals surface area (Å²) in [5, 5.41) is 6.72. The van der Waals surface area contributed by atoms with Crippen molar-refractivity contribution in [1.82, 2.24) is 10.1 Å². The van der Waals surface area contributed by atoms with Gasteiger partial charge in [-0.25, -0.2) is 4.39 Å². The topological polar surface area (TPSA) is 77.3 Å². The van der Waals surface area contributed by atoms with E-state index < -0.39 is 11.7 Å². The highest BCUT2D eigenvalue weighted by atomic mass is 19.1. The average Bonchev–Trinajstić information content (AvgIpc) is 3.24. The van der Waals surface area contributed by atoms with Crippen molar-refractivity contribution in [2.45, 2.75) is 0 Å². The van der Waals surface area contributed by atoms with Gasteiger partial charge in [-0.1, -0.05) is 29.4 Å². The molecule has 0 spiro atoms. The maximum Gasteiger partial charge on any atom is 0.260 e. The lowest BCUT2D eigenvalue weighted by Gasteiger charge is -2.09. The molecule has 1 amide bonds. The minimum absolute atomic E-state index is 0.0493. The van der Waals surface area contributed by atoms with Crippen LogP contribution in [0.15, 0.2) is 77.3 Å². The van der Waals surface area contributed by atoms with Gasteiger partial charge in [0.25, 0.3) is 11.8 Å². The smallest absolute Gasteiger partial charge is 0.260 e. The highest BCUT2D eigenvalue weighted by Gasteiger charge is 2.17. The summed E-state index contributed by atoms with van der Waals surface area (Å²) in [5.41, 5.74) is 1.68. The van der Waals surface area contributed by atoms with E-state index in [4.69, 9.17) is 9.26 Å². The number of carbonyl (C=O) groups is 1. The molecule has 0 saturated carbocycles. The lowest BCUT2D eigenvalue weighted by atomic mass is 10.1. The molecular weight excluding hydrogens is 373 g/mol. The molecule has 0 bridgehead atoms. The largest absolute Gasteiger partial charge is 0.497 e. The Morgan fingerprint density at radius 3 is 2.48 bits per heavy atom. The molecule has 1 heterocycles. The average molecular weight is 389 g/mol. The fraction of sp³-hybridized carbons (Fsp3) is 0.0455. The number of methoxy groups -OCH3 is 1. The van der Waals surface area contributed by atoms with E-state index in [0.717, 1.165) is 11.3 Å². The molecule has 0 saturated heterocycles. The van der Waals surface area contributed by atoms with E-state index in [-0.39, 0.29) is 11.5 Å². The van der Waals surface area contributed by atoms with Crippen molar-refractivity contribution in [2.75, 3.05) is 12.4 Å². The van der Waals surface area contributed by atoms with Gasteiger partial charge in [0.15, 0.2) is 0 Å². The van der Waals surface area contributed by atoms with E-state index in [9.17, 15) is 9.18 Å². The van der Waals surface area contributed by atoms with Crippen LogP contribution in [0.25, 0.3) is 22.8 Å². The fourth-order valence-electron chi connectivity index (χ4n) is 2.80. The number of aromatic nitrogens is 2. The van der Waals surface area contributed by atoms with Crippen LogP contribution in [0, 0.1) is 5.82 Å². The Bertz CT molecular complexity index is 1160. The summed E-state index contributed by atoms with van der Waals surface area (Å²) in [4.78, 5) is 16.9. The van der Waals surface area contributed by atoms with E-state index in [1.165, 1.54) is 18.2 Å². The van der Waals surface area contributed by atoms with Crippen LogP contribution >= 0.6 is 0 Å². The van der Waals surface area contributed by atoms with Crippen molar-refractivity contribution < 1.29 is 18.4 Å². The van der Waals surface area contributed by atoms with Crippen molar-refractivity contribution in [3.63, 3.8) is 0 Å². The summed E-state index contributed by atoms with van der Waals surface area (Å²) in [6, 6.07) is 20.0. The van der Waals surface area contributed by atoms with Gasteiger partial charge in [-0.15, -0.1) is 0 Å². The third-order valence-corrected chi connectivity index (χ3v) is 4.30. The van der Waals surface area contributed by atoms with Crippen LogP contribution in [-0.2, 0) is 0 Å². The Kier molecular flexibility index (Phi) is 5.03. The molecule has 4 aromatic rings. The van der Waals surface area contributed by atoms with E-state index >= 15 is 0 Å². The summed E-state index contributed by atoms with van der Waals surface area (Å²) in [6.45, 7) is 0. The van der Waals surface area contributed by atoms with Gasteiger partial charge in [0.2, 0.25) is 5.82 Å². The third-order valence-electron chi connectivity index (χ3n) is 4.30. The summed E-state index contributed by atoms with van der Waals surface area (Å²) in [7, 11) is 1.59. The monoisotopic (exact) mass is 389 g/mol. The summed E-state index contributed by atoms with van der Waals surface area (Å²) in [6.07, 6.45) is 0. The quantitative estimate of drug-likeness (QED) is 0.530. The Hall–Kier alpha value is -4.00. The Morgan fingerprint density at radius 2 is 1.72 bits per heavy atom. The normalized spacial score (nSPS) is 10.6. The number of rotatable bonds is 5. The molecule has 29 heavy (non-hydrogen) atoms. The lowest BCUT2D eigenvalue weighted by Crippen LogP contribution is -2.14. The molecule has 4 rings (SSSR count). The first-order valence-corrected chi connectivity index (χ1v) is 8.79. The van der Waals surface area contributed by atoms with Crippen LogP contribution in [0.2, 0.25) is 0 Å². The zero-order valence-corrected chi connectivity index (χ0v) is 15.4. The summed E-state index contributed by atoms with van der Waals surface area (Å²) >= 11 is 0. The number of hydrogen-bond acceptors (Lipinski definition) is 5. The van der Waals surface area contributed by atoms with E-state index in [1.54, 1.807) is 49.6 Å². The molecule has 0 unspecified atom stereocenters. The number of hydrogen-bond donors (Lipinski definition) is 1. The van der Waals surface area contributed by atoms with Crippen LogP contribution in [0.1, 0.15) is 10.4 Å². The van der Waals surface area contributed by atoms with Crippen molar-refractivity contribution >= 4 is 11.6 Å². The van der Waals surface area contributed by atoms with Gasteiger partial charge in [0.05, 0.1) is 23.9 Å². The highest BCUT2D eigenvalue weighted by Crippen LogP contribution is 2.29. The van der Waals surface area contributed by atoms with Gasteiger partial charge in [-0.2, -0.15) is 4.98 Å². The molecular formula is C22H16FN3O3. The molecule has 0 fully saturated rings. The molecule has 0 aliphatic carbocycles. The molecule has 3 aromatic carbocycles. The molecule has 0 aliphatic heterocycles. The van der Waals surface area contributed by atoms with E-state index in [0.29, 0.717) is 17.1 Å². The standard InChI is InChI=1S/C22H16FN3O3/c1-28-15-12-10-14(11-13-15)20-25-22(29-26-20)17-7-3-5-9-19(17)24-21(27)16-6-2-4-8-18(16)23/h2-13H,1H3,(H,24,27). The van der Waals surface area contributed by atoms with Crippen LogP contribution in [0.3, 0.4) is 0 Å². The predicted octanol–water partition coefficient (Wildman–Crippen LogP) is 4.80. The van der Waals surface area contributed by atoms with Gasteiger partial charge < -0.3 is 14.6 Å². The minimum Gasteiger partial charge on any atom is -0.497 e.